The lowest BCUT2D eigenvalue weighted by molar-refractivity contribution is -0.122. The van der Waals surface area contributed by atoms with Gasteiger partial charge in [0.05, 0.1) is 69.1 Å². The largest absolute Gasteiger partial charge is 0.493 e. The summed E-state index contributed by atoms with van der Waals surface area (Å²) in [6, 6.07) is 29.4. The van der Waals surface area contributed by atoms with Gasteiger partial charge in [-0.2, -0.15) is 10.4 Å². The molecule has 2 aromatic heterocycles. The highest BCUT2D eigenvalue weighted by atomic mass is 35.5. The lowest BCUT2D eigenvalue weighted by Crippen LogP contribution is -2.60. The van der Waals surface area contributed by atoms with Crippen molar-refractivity contribution in [1.82, 2.24) is 39.7 Å². The van der Waals surface area contributed by atoms with Gasteiger partial charge in [-0.05, 0) is 122 Å². The third kappa shape index (κ3) is 12.4. The maximum atomic E-state index is 15.5. The summed E-state index contributed by atoms with van der Waals surface area (Å²) in [5.74, 6) is 0.472. The van der Waals surface area contributed by atoms with Crippen LogP contribution < -0.4 is 20.7 Å². The highest BCUT2D eigenvalue weighted by Gasteiger charge is 2.60. The minimum absolute atomic E-state index is 0.0642. The van der Waals surface area contributed by atoms with Crippen molar-refractivity contribution in [3.8, 4) is 22.9 Å². The molecule has 452 valence electrons. The van der Waals surface area contributed by atoms with E-state index in [-0.39, 0.29) is 73.5 Å². The first-order valence-electron chi connectivity index (χ1n) is 29.4. The lowest BCUT2D eigenvalue weighted by Gasteiger charge is -2.47. The number of nitrogens with one attached hydrogen (secondary N) is 1. The van der Waals surface area contributed by atoms with Crippen LogP contribution in [0.1, 0.15) is 116 Å². The van der Waals surface area contributed by atoms with Gasteiger partial charge >= 0.3 is 6.03 Å². The summed E-state index contributed by atoms with van der Waals surface area (Å²) in [6.45, 7) is 18.2. The van der Waals surface area contributed by atoms with E-state index in [1.165, 1.54) is 23.1 Å². The first-order chi connectivity index (χ1) is 41.2. The Kier molecular flexibility index (Phi) is 18.4. The second-order valence-electron chi connectivity index (χ2n) is 23.6. The number of nitriles is 1. The molecule has 0 unspecified atom stereocenters. The molecule has 0 saturated carbocycles. The highest BCUT2D eigenvalue weighted by Crippen LogP contribution is 2.54. The number of nitrogen functional groups attached to an aromatic ring is 1. The van der Waals surface area contributed by atoms with Crippen LogP contribution in [0, 0.1) is 17.1 Å². The Bertz CT molecular complexity index is 3560. The number of aromatic nitrogens is 3. The smallest absolute Gasteiger partial charge is 0.326 e. The number of pyridine rings is 1. The van der Waals surface area contributed by atoms with Gasteiger partial charge in [0, 0.05) is 92.2 Å². The number of hydrogen-bond acceptors (Lipinski definition) is 13. The predicted octanol–water partition coefficient (Wildman–Crippen LogP) is 10.3. The van der Waals surface area contributed by atoms with Crippen LogP contribution in [0.2, 0.25) is 10.0 Å². The zero-order valence-electron chi connectivity index (χ0n) is 50.0. The molecule has 6 heterocycles. The number of hydrogen-bond donors (Lipinski definition) is 2. The molecule has 2 saturated heterocycles. The molecule has 2 bridgehead atoms. The molecule has 0 radical (unpaired) electrons. The Morgan fingerprint density at radius 3 is 2.24 bits per heavy atom. The van der Waals surface area contributed by atoms with Crippen molar-refractivity contribution >= 4 is 58.4 Å². The first kappa shape index (κ1) is 61.5. The van der Waals surface area contributed by atoms with Gasteiger partial charge in [0.1, 0.15) is 40.4 Å². The minimum atomic E-state index is -1.05. The van der Waals surface area contributed by atoms with E-state index >= 15 is 4.79 Å². The number of carbonyl (C=O) groups is 3. The molecule has 4 amide bonds. The van der Waals surface area contributed by atoms with Crippen LogP contribution >= 0.6 is 23.2 Å². The topological polar surface area (TPSA) is 200 Å². The van der Waals surface area contributed by atoms with Gasteiger partial charge in [-0.25, -0.2) is 14.2 Å². The molecule has 4 aliphatic heterocycles. The lowest BCUT2D eigenvalue weighted by atomic mass is 9.71. The summed E-state index contributed by atoms with van der Waals surface area (Å²) in [4.78, 5) is 62.6. The molecule has 3 atom stereocenters. The van der Waals surface area contributed by atoms with Gasteiger partial charge in [0.15, 0.2) is 5.69 Å². The number of fused-ring (bicyclic) bond motifs is 8. The Morgan fingerprint density at radius 2 is 1.56 bits per heavy atom. The van der Waals surface area contributed by atoms with Gasteiger partial charge < -0.3 is 40.0 Å². The number of carbonyl (C=O) groups excluding carboxylic acids is 3. The maximum Gasteiger partial charge on any atom is 0.326 e. The van der Waals surface area contributed by atoms with Gasteiger partial charge in [-0.3, -0.25) is 29.1 Å². The van der Waals surface area contributed by atoms with Crippen LogP contribution in [0.15, 0.2) is 102 Å². The SMILES string of the molecule is CCOc1cc(C(C)(C)C)ccc1C1=N[C@@](C)(c2ccc(Cl)cc2)[C@@](C)(c2ccc(Cl)cc2)N1C(=O)N1CCN(CCOCCOCCC(=O)NCCn2nc(C#N)c3c2CN(C)C(=O)c2ccc(F)cc2[C@H]2CCCN2c2cc-3cnc2N)CC1. The van der Waals surface area contributed by atoms with Crippen molar-refractivity contribution in [2.45, 2.75) is 96.4 Å². The number of nitrogens with zero attached hydrogens (tertiary/aromatic N) is 10. The Morgan fingerprint density at radius 1 is 0.872 bits per heavy atom. The van der Waals surface area contributed by atoms with Crippen LogP contribution in [0.4, 0.5) is 20.7 Å². The van der Waals surface area contributed by atoms with Gasteiger partial charge in [-0.15, -0.1) is 0 Å². The summed E-state index contributed by atoms with van der Waals surface area (Å²) >= 11 is 13.0. The second-order valence-corrected chi connectivity index (χ2v) is 24.5. The molecule has 10 rings (SSSR count). The molecule has 2 fully saturated rings. The average Bonchev–Trinajstić information content (AvgIpc) is 1.53. The molecule has 18 nitrogen and oxygen atoms in total. The highest BCUT2D eigenvalue weighted by molar-refractivity contribution is 6.30. The fourth-order valence-electron chi connectivity index (χ4n) is 12.3. The van der Waals surface area contributed by atoms with Crippen molar-refractivity contribution < 1.29 is 33.0 Å². The van der Waals surface area contributed by atoms with Crippen molar-refractivity contribution in [3.05, 3.63) is 158 Å². The normalized spacial score (nSPS) is 19.7. The number of benzene rings is 4. The fourth-order valence-corrected chi connectivity index (χ4v) is 12.6. The van der Waals surface area contributed by atoms with Crippen LogP contribution in [-0.2, 0) is 43.9 Å². The molecule has 0 aliphatic carbocycles. The number of amidine groups is 1. The first-order valence-corrected chi connectivity index (χ1v) is 30.2. The fraction of sp³-hybridized carbons (Fsp3) is 0.431. The molecule has 6 aromatic rings. The number of rotatable bonds is 17. The quantitative estimate of drug-likeness (QED) is 0.0820. The number of aliphatic imine (C=N–C) groups is 1. The van der Waals surface area contributed by atoms with Gasteiger partial charge in [0.2, 0.25) is 5.91 Å². The van der Waals surface area contributed by atoms with Crippen molar-refractivity contribution in [2.75, 3.05) is 96.5 Å². The van der Waals surface area contributed by atoms with E-state index in [0.29, 0.717) is 127 Å². The minimum Gasteiger partial charge on any atom is -0.493 e. The summed E-state index contributed by atoms with van der Waals surface area (Å²) in [5, 5.41) is 19.1. The number of anilines is 2. The molecular weight excluding hydrogens is 1130 g/mol. The van der Waals surface area contributed by atoms with Gasteiger partial charge in [-0.1, -0.05) is 74.3 Å². The Hall–Kier alpha value is -7.60. The van der Waals surface area contributed by atoms with Crippen molar-refractivity contribution in [2.24, 2.45) is 4.99 Å². The van der Waals surface area contributed by atoms with Crippen LogP contribution in [0.3, 0.4) is 0 Å². The number of piperazine rings is 1. The van der Waals surface area contributed by atoms with Crippen molar-refractivity contribution in [3.63, 3.8) is 0 Å². The molecule has 0 spiro atoms. The van der Waals surface area contributed by atoms with Crippen LogP contribution in [0.25, 0.3) is 11.1 Å². The molecule has 4 aromatic carbocycles. The molecule has 4 aliphatic rings. The summed E-state index contributed by atoms with van der Waals surface area (Å²) in [6.07, 6.45) is 3.20. The number of nitrogens with two attached hydrogens (primary N) is 1. The molecular formula is C65H75Cl2FN12O6. The summed E-state index contributed by atoms with van der Waals surface area (Å²) in [7, 11) is 1.67. The van der Waals surface area contributed by atoms with E-state index in [9.17, 15) is 19.2 Å². The van der Waals surface area contributed by atoms with Crippen LogP contribution in [-0.4, -0.2) is 144 Å². The molecule has 3 N–H and O–H groups in total. The van der Waals surface area contributed by atoms with E-state index in [0.717, 1.165) is 28.7 Å². The van der Waals surface area contributed by atoms with E-state index in [2.05, 4.69) is 78.0 Å². The molecule has 21 heteroatoms. The monoisotopic (exact) mass is 1210 g/mol. The number of amides is 4. The van der Waals surface area contributed by atoms with E-state index in [4.69, 9.17) is 48.1 Å². The molecule has 86 heavy (non-hydrogen) atoms. The predicted molar refractivity (Wildman–Crippen MR) is 331 cm³/mol. The third-order valence-corrected chi connectivity index (χ3v) is 17.8. The number of ether oxygens (including phenoxy) is 3. The Labute approximate surface area is 512 Å². The number of urea groups is 1. The average molecular weight is 1210 g/mol. The van der Waals surface area contributed by atoms with E-state index < -0.39 is 16.9 Å². The zero-order chi connectivity index (χ0) is 61.1. The zero-order valence-corrected chi connectivity index (χ0v) is 51.5. The standard InChI is InChI=1S/C65H75Cl2FN12O6/c1-8-86-56-37-45(63(2,3)4)15-21-50(56)60-73-64(5,43-11-16-46(66)17-12-43)65(6,44-13-18-47(67)19-14-44)80(60)62(83)77-29-27-76(28-30-77)31-33-85-35-34-84-32-23-57(81)71-24-26-79-55-41-75(7)61(82)49-22-20-48(68)38-51(49)53-10-9-25-78(53)54-36-42(40-72-59(54)70)58(55)52(39-69)74-79/h11-22,36-38,40,53H,8-10,23-35,41H2,1-7H3,(H2,70,72)(H,71,81)/t53-,64+,65-/m1/s1. The van der Waals surface area contributed by atoms with Gasteiger partial charge in [0.25, 0.3) is 5.91 Å². The second kappa shape index (κ2) is 25.8. The van der Waals surface area contributed by atoms with Crippen LogP contribution in [0.5, 0.6) is 5.75 Å². The summed E-state index contributed by atoms with van der Waals surface area (Å²) < 4.78 is 34.6. The maximum absolute atomic E-state index is 15.5. The Balaban J connectivity index is 0.726. The van der Waals surface area contributed by atoms with E-state index in [1.807, 2.05) is 77.4 Å². The number of halogens is 3. The summed E-state index contributed by atoms with van der Waals surface area (Å²) in [5.41, 5.74) is 11.3. The third-order valence-electron chi connectivity index (χ3n) is 17.3. The van der Waals surface area contributed by atoms with E-state index in [1.54, 1.807) is 17.9 Å². The van der Waals surface area contributed by atoms with Crippen molar-refractivity contribution in [1.29, 1.82) is 5.26 Å².